The number of aromatic carboxylic acids is 1. The Morgan fingerprint density at radius 3 is 2.40 bits per heavy atom. The van der Waals surface area contributed by atoms with Crippen molar-refractivity contribution in [2.24, 2.45) is 0 Å². The van der Waals surface area contributed by atoms with Crippen LogP contribution in [0.3, 0.4) is 0 Å². The van der Waals surface area contributed by atoms with Crippen molar-refractivity contribution in [1.82, 2.24) is 0 Å². The molecule has 0 heterocycles. The summed E-state index contributed by atoms with van der Waals surface area (Å²) in [5, 5.41) is 8.27. The second kappa shape index (κ2) is 2.71. The van der Waals surface area contributed by atoms with Gasteiger partial charge in [-0.3, -0.25) is 0 Å². The van der Waals surface area contributed by atoms with Gasteiger partial charge < -0.3 is 5.11 Å². The molecule has 0 saturated carbocycles. The fourth-order valence-electron chi connectivity index (χ4n) is 0.404. The SMILES string of the molecule is [2H]c1c([2H])c(C(=O)O)c([2H])c([2H])c1Cl. The minimum Gasteiger partial charge on any atom is -0.478 e. The molecule has 1 aromatic rings. The first-order valence-corrected chi connectivity index (χ1v) is 2.74. The predicted molar refractivity (Wildman–Crippen MR) is 38.4 cm³/mol. The van der Waals surface area contributed by atoms with Crippen LogP contribution in [-0.4, -0.2) is 11.1 Å². The van der Waals surface area contributed by atoms with Crippen molar-refractivity contribution in [2.45, 2.75) is 0 Å². The molecule has 0 fully saturated rings. The summed E-state index contributed by atoms with van der Waals surface area (Å²) in [7, 11) is 0. The molecule has 0 radical (unpaired) electrons. The van der Waals surface area contributed by atoms with Crippen LogP contribution in [0.5, 0.6) is 0 Å². The zero-order valence-electron chi connectivity index (χ0n) is 8.73. The van der Waals surface area contributed by atoms with Crippen molar-refractivity contribution < 1.29 is 15.4 Å². The fourth-order valence-corrected chi connectivity index (χ4v) is 0.499. The summed E-state index contributed by atoms with van der Waals surface area (Å²) in [6, 6.07) is -2.35. The lowest BCUT2D eigenvalue weighted by atomic mass is 10.2. The third-order valence-corrected chi connectivity index (χ3v) is 0.997. The molecule has 0 aliphatic carbocycles. The molecular formula is C7H5ClO2. The van der Waals surface area contributed by atoms with Crippen molar-refractivity contribution in [3.63, 3.8) is 0 Å². The standard InChI is InChI=1S/C7H5ClO2/c8-6-3-1-5(2-4-6)7(9)10/h1-4H,(H,9,10)/i1D,2D,3D,4D. The summed E-state index contributed by atoms with van der Waals surface area (Å²) in [4.78, 5) is 10.6. The van der Waals surface area contributed by atoms with E-state index in [1.54, 1.807) is 0 Å². The van der Waals surface area contributed by atoms with E-state index >= 15 is 0 Å². The zero-order valence-corrected chi connectivity index (χ0v) is 5.49. The van der Waals surface area contributed by atoms with Gasteiger partial charge >= 0.3 is 5.97 Å². The predicted octanol–water partition coefficient (Wildman–Crippen LogP) is 2.04. The smallest absolute Gasteiger partial charge is 0.335 e. The average Bonchev–Trinajstić information content (AvgIpc) is 2.11. The Labute approximate surface area is 68.7 Å². The lowest BCUT2D eigenvalue weighted by Crippen LogP contribution is -1.94. The average molecular weight is 161 g/mol. The molecule has 0 aliphatic heterocycles. The van der Waals surface area contributed by atoms with Crippen LogP contribution in [0.1, 0.15) is 15.8 Å². The third kappa shape index (κ3) is 1.48. The molecule has 1 N–H and O–H groups in total. The Morgan fingerprint density at radius 2 is 2.00 bits per heavy atom. The van der Waals surface area contributed by atoms with E-state index in [0.29, 0.717) is 0 Å². The maximum absolute atomic E-state index is 10.6. The second-order valence-corrected chi connectivity index (χ2v) is 1.87. The van der Waals surface area contributed by atoms with Crippen molar-refractivity contribution in [3.8, 4) is 0 Å². The van der Waals surface area contributed by atoms with Crippen LogP contribution in [0, 0.1) is 0 Å². The first-order valence-electron chi connectivity index (χ1n) is 4.37. The number of rotatable bonds is 1. The van der Waals surface area contributed by atoms with E-state index in [1.807, 2.05) is 0 Å². The highest BCUT2D eigenvalue weighted by Gasteiger charge is 1.99. The van der Waals surface area contributed by atoms with Gasteiger partial charge in [0.1, 0.15) is 0 Å². The van der Waals surface area contributed by atoms with Gasteiger partial charge in [-0.25, -0.2) is 4.79 Å². The van der Waals surface area contributed by atoms with Crippen LogP contribution in [0.2, 0.25) is 5.02 Å². The lowest BCUT2D eigenvalue weighted by molar-refractivity contribution is 0.0697. The summed E-state index contributed by atoms with van der Waals surface area (Å²) in [6.07, 6.45) is 0. The number of carboxylic acid groups (broad SMARTS) is 1. The largest absolute Gasteiger partial charge is 0.478 e. The van der Waals surface area contributed by atoms with Gasteiger partial charge in [-0.05, 0) is 24.2 Å². The quantitative estimate of drug-likeness (QED) is 0.683. The van der Waals surface area contributed by atoms with E-state index in [1.165, 1.54) is 0 Å². The Hall–Kier alpha value is -1.02. The number of benzene rings is 1. The third-order valence-electron chi connectivity index (χ3n) is 0.808. The summed E-state index contributed by atoms with van der Waals surface area (Å²) >= 11 is 5.46. The highest BCUT2D eigenvalue weighted by atomic mass is 35.5. The molecule has 0 aromatic heterocycles. The van der Waals surface area contributed by atoms with Gasteiger partial charge in [-0.2, -0.15) is 0 Å². The topological polar surface area (TPSA) is 37.3 Å². The molecule has 10 heavy (non-hydrogen) atoms. The Morgan fingerprint density at radius 1 is 1.50 bits per heavy atom. The minimum absolute atomic E-state index is 0.370. The second-order valence-electron chi connectivity index (χ2n) is 1.49. The maximum atomic E-state index is 10.6. The van der Waals surface area contributed by atoms with Gasteiger partial charge in [0, 0.05) is 5.02 Å². The number of hydrogen-bond donors (Lipinski definition) is 1. The Kier molecular flexibility index (Phi) is 0.919. The molecule has 0 atom stereocenters. The number of halogens is 1. The number of hydrogen-bond acceptors (Lipinski definition) is 1. The summed E-state index contributed by atoms with van der Waals surface area (Å²) in [5.74, 6) is -1.50. The van der Waals surface area contributed by atoms with Crippen molar-refractivity contribution >= 4 is 17.6 Å². The minimum atomic E-state index is -1.50. The fraction of sp³-hybridized carbons (Fsp3) is 0. The molecule has 1 aromatic carbocycles. The van der Waals surface area contributed by atoms with E-state index in [0.717, 1.165) is 0 Å². The molecule has 0 bridgehead atoms. The molecule has 0 saturated heterocycles. The van der Waals surface area contributed by atoms with Crippen LogP contribution in [0.25, 0.3) is 0 Å². The van der Waals surface area contributed by atoms with Crippen molar-refractivity contribution in [2.75, 3.05) is 0 Å². The molecule has 52 valence electrons. The number of carbonyl (C=O) groups is 1. The highest BCUT2D eigenvalue weighted by molar-refractivity contribution is 6.30. The van der Waals surface area contributed by atoms with Gasteiger partial charge in [-0.1, -0.05) is 11.6 Å². The molecule has 0 unspecified atom stereocenters. The van der Waals surface area contributed by atoms with Gasteiger partial charge in [0.25, 0.3) is 0 Å². The van der Waals surface area contributed by atoms with Crippen molar-refractivity contribution in [3.05, 3.63) is 34.8 Å². The summed E-state index contributed by atoms with van der Waals surface area (Å²) in [5.41, 5.74) is -0.663. The maximum Gasteiger partial charge on any atom is 0.335 e. The molecule has 0 aliphatic rings. The van der Waals surface area contributed by atoms with Gasteiger partial charge in [0.05, 0.1) is 11.0 Å². The Bertz CT molecular complexity index is 390. The molecule has 2 nitrogen and oxygen atoms in total. The molecule has 0 amide bonds. The van der Waals surface area contributed by atoms with E-state index in [-0.39, 0.29) is 5.02 Å². The van der Waals surface area contributed by atoms with Crippen LogP contribution >= 0.6 is 11.6 Å². The van der Waals surface area contributed by atoms with Crippen LogP contribution < -0.4 is 0 Å². The summed E-state index contributed by atoms with van der Waals surface area (Å²) in [6.45, 7) is 0. The van der Waals surface area contributed by atoms with Gasteiger partial charge in [-0.15, -0.1) is 0 Å². The number of carboxylic acids is 1. The molecule has 1 rings (SSSR count). The van der Waals surface area contributed by atoms with Gasteiger partial charge in [0.15, 0.2) is 0 Å². The normalized spacial score (nSPS) is 14.9. The highest BCUT2D eigenvalue weighted by Crippen LogP contribution is 2.08. The summed E-state index contributed by atoms with van der Waals surface area (Å²) < 4.78 is 29.0. The van der Waals surface area contributed by atoms with E-state index in [2.05, 4.69) is 0 Å². The monoisotopic (exact) mass is 160 g/mol. The molecular weight excluding hydrogens is 152 g/mol. The first-order chi connectivity index (χ1) is 6.37. The first kappa shape index (κ1) is 3.39. The Balaban J connectivity index is 3.68. The van der Waals surface area contributed by atoms with E-state index in [4.69, 9.17) is 22.2 Å². The molecule has 0 spiro atoms. The van der Waals surface area contributed by atoms with Crippen LogP contribution in [0.4, 0.5) is 0 Å². The lowest BCUT2D eigenvalue weighted by Gasteiger charge is -1.91. The van der Waals surface area contributed by atoms with Crippen LogP contribution in [0.15, 0.2) is 24.2 Å². The van der Waals surface area contributed by atoms with Crippen LogP contribution in [-0.2, 0) is 0 Å². The van der Waals surface area contributed by atoms with E-state index < -0.39 is 35.7 Å². The molecule has 3 heteroatoms. The van der Waals surface area contributed by atoms with E-state index in [9.17, 15) is 4.79 Å². The van der Waals surface area contributed by atoms with Crippen molar-refractivity contribution in [1.29, 1.82) is 0 Å². The zero-order chi connectivity index (χ0) is 11.0. The van der Waals surface area contributed by atoms with Gasteiger partial charge in [0.2, 0.25) is 0 Å².